The van der Waals surface area contributed by atoms with Crippen LogP contribution in [0.5, 0.6) is 0 Å². The van der Waals surface area contributed by atoms with Crippen LogP contribution in [-0.2, 0) is 0 Å². The Morgan fingerprint density at radius 2 is 1.50 bits per heavy atom. The van der Waals surface area contributed by atoms with Gasteiger partial charge in [-0.05, 0) is 36.4 Å². The lowest BCUT2D eigenvalue weighted by Crippen LogP contribution is -1.97. The van der Waals surface area contributed by atoms with E-state index in [-0.39, 0.29) is 0 Å². The van der Waals surface area contributed by atoms with E-state index in [0.717, 1.165) is 11.4 Å². The van der Waals surface area contributed by atoms with Crippen LogP contribution >= 0.6 is 0 Å². The van der Waals surface area contributed by atoms with Crippen molar-refractivity contribution in [3.8, 4) is 0 Å². The molecule has 0 aliphatic rings. The Bertz CT molecular complexity index is 508. The summed E-state index contributed by atoms with van der Waals surface area (Å²) in [7, 11) is 0. The Morgan fingerprint density at radius 1 is 0.750 bits per heavy atom. The fourth-order valence-corrected chi connectivity index (χ4v) is 1.44. The highest BCUT2D eigenvalue weighted by Gasteiger charge is 1.98. The first-order valence-electron chi connectivity index (χ1n) is 4.93. The SMILES string of the molecule is Nc1cccc(Nc2ccc(N)c(N)c2)c1. The van der Waals surface area contributed by atoms with Crippen LogP contribution in [0.15, 0.2) is 42.5 Å². The second-order valence-corrected chi connectivity index (χ2v) is 3.59. The van der Waals surface area contributed by atoms with Crippen LogP contribution in [0.25, 0.3) is 0 Å². The summed E-state index contributed by atoms with van der Waals surface area (Å²) >= 11 is 0. The van der Waals surface area contributed by atoms with Gasteiger partial charge in [-0.25, -0.2) is 0 Å². The Kier molecular flexibility index (Phi) is 2.55. The van der Waals surface area contributed by atoms with Crippen molar-refractivity contribution in [3.05, 3.63) is 42.5 Å². The van der Waals surface area contributed by atoms with Gasteiger partial charge in [-0.3, -0.25) is 0 Å². The maximum Gasteiger partial charge on any atom is 0.0568 e. The normalized spacial score (nSPS) is 10.0. The van der Waals surface area contributed by atoms with E-state index in [1.807, 2.05) is 30.3 Å². The van der Waals surface area contributed by atoms with Crippen molar-refractivity contribution in [1.29, 1.82) is 0 Å². The van der Waals surface area contributed by atoms with Gasteiger partial charge in [-0.2, -0.15) is 0 Å². The first-order valence-corrected chi connectivity index (χ1v) is 4.93. The molecule has 0 fully saturated rings. The highest BCUT2D eigenvalue weighted by atomic mass is 14.9. The van der Waals surface area contributed by atoms with Gasteiger partial charge < -0.3 is 22.5 Å². The number of hydrogen-bond acceptors (Lipinski definition) is 4. The van der Waals surface area contributed by atoms with Gasteiger partial charge in [0.05, 0.1) is 11.4 Å². The molecule has 2 rings (SSSR count). The van der Waals surface area contributed by atoms with E-state index in [1.54, 1.807) is 12.1 Å². The largest absolute Gasteiger partial charge is 0.399 e. The Labute approximate surface area is 94.1 Å². The van der Waals surface area contributed by atoms with E-state index in [9.17, 15) is 0 Å². The molecule has 0 aromatic heterocycles. The molecule has 4 nitrogen and oxygen atoms in total. The highest BCUT2D eigenvalue weighted by Crippen LogP contribution is 2.23. The monoisotopic (exact) mass is 214 g/mol. The summed E-state index contributed by atoms with van der Waals surface area (Å²) in [4.78, 5) is 0. The third-order valence-corrected chi connectivity index (χ3v) is 2.26. The third-order valence-electron chi connectivity index (χ3n) is 2.26. The lowest BCUT2D eigenvalue weighted by atomic mass is 10.2. The first kappa shape index (κ1) is 10.2. The smallest absolute Gasteiger partial charge is 0.0568 e. The average molecular weight is 214 g/mol. The predicted octanol–water partition coefficient (Wildman–Crippen LogP) is 2.18. The van der Waals surface area contributed by atoms with Crippen molar-refractivity contribution in [2.24, 2.45) is 0 Å². The highest BCUT2D eigenvalue weighted by molar-refractivity contribution is 5.72. The van der Waals surface area contributed by atoms with Crippen LogP contribution in [0, 0.1) is 0 Å². The minimum absolute atomic E-state index is 0.564. The molecule has 16 heavy (non-hydrogen) atoms. The van der Waals surface area contributed by atoms with Gasteiger partial charge in [-0.15, -0.1) is 0 Å². The molecule has 82 valence electrons. The maximum atomic E-state index is 5.71. The molecule has 0 saturated heterocycles. The van der Waals surface area contributed by atoms with Crippen molar-refractivity contribution < 1.29 is 0 Å². The molecule has 0 heterocycles. The summed E-state index contributed by atoms with van der Waals surface area (Å²) < 4.78 is 0. The molecule has 0 spiro atoms. The summed E-state index contributed by atoms with van der Waals surface area (Å²) in [5.74, 6) is 0. The number of anilines is 5. The summed E-state index contributed by atoms with van der Waals surface area (Å²) in [5, 5.41) is 3.20. The number of rotatable bonds is 2. The summed E-state index contributed by atoms with van der Waals surface area (Å²) in [6, 6.07) is 12.9. The average Bonchev–Trinajstić information content (AvgIpc) is 2.24. The molecule has 0 saturated carbocycles. The van der Waals surface area contributed by atoms with Crippen molar-refractivity contribution in [2.75, 3.05) is 22.5 Å². The zero-order valence-electron chi connectivity index (χ0n) is 8.77. The van der Waals surface area contributed by atoms with E-state index >= 15 is 0 Å². The second kappa shape index (κ2) is 4.02. The fraction of sp³-hybridized carbons (Fsp3) is 0. The van der Waals surface area contributed by atoms with Crippen molar-refractivity contribution in [1.82, 2.24) is 0 Å². The predicted molar refractivity (Wildman–Crippen MR) is 69.4 cm³/mol. The maximum absolute atomic E-state index is 5.71. The van der Waals surface area contributed by atoms with Crippen LogP contribution in [0.3, 0.4) is 0 Å². The molecule has 0 aliphatic carbocycles. The van der Waals surface area contributed by atoms with Crippen molar-refractivity contribution in [3.63, 3.8) is 0 Å². The Balaban J connectivity index is 2.24. The Hall–Kier alpha value is -2.36. The van der Waals surface area contributed by atoms with Crippen LogP contribution in [-0.4, -0.2) is 0 Å². The molecular weight excluding hydrogens is 200 g/mol. The van der Waals surface area contributed by atoms with E-state index in [0.29, 0.717) is 17.1 Å². The molecule has 0 unspecified atom stereocenters. The number of benzene rings is 2. The third kappa shape index (κ3) is 2.17. The molecule has 2 aromatic carbocycles. The minimum atomic E-state index is 0.564. The van der Waals surface area contributed by atoms with E-state index in [4.69, 9.17) is 17.2 Å². The van der Waals surface area contributed by atoms with Gasteiger partial charge in [-0.1, -0.05) is 6.07 Å². The zero-order chi connectivity index (χ0) is 11.5. The molecule has 0 bridgehead atoms. The number of nitrogens with one attached hydrogen (secondary N) is 1. The lowest BCUT2D eigenvalue weighted by Gasteiger charge is -2.08. The molecule has 7 N–H and O–H groups in total. The van der Waals surface area contributed by atoms with Crippen LogP contribution in [0.1, 0.15) is 0 Å². The van der Waals surface area contributed by atoms with Crippen LogP contribution in [0.4, 0.5) is 28.4 Å². The quantitative estimate of drug-likeness (QED) is 0.577. The molecule has 4 heteroatoms. The lowest BCUT2D eigenvalue weighted by molar-refractivity contribution is 1.54. The van der Waals surface area contributed by atoms with E-state index in [1.165, 1.54) is 0 Å². The van der Waals surface area contributed by atoms with E-state index < -0.39 is 0 Å². The number of nitrogens with two attached hydrogens (primary N) is 3. The molecule has 2 aromatic rings. The minimum Gasteiger partial charge on any atom is -0.399 e. The van der Waals surface area contributed by atoms with Gasteiger partial charge in [0.15, 0.2) is 0 Å². The number of hydrogen-bond donors (Lipinski definition) is 4. The molecule has 0 amide bonds. The van der Waals surface area contributed by atoms with Crippen LogP contribution < -0.4 is 22.5 Å². The van der Waals surface area contributed by atoms with Gasteiger partial charge >= 0.3 is 0 Å². The van der Waals surface area contributed by atoms with Gasteiger partial charge in [0, 0.05) is 17.1 Å². The zero-order valence-corrected chi connectivity index (χ0v) is 8.77. The summed E-state index contributed by atoms with van der Waals surface area (Å²) in [6.07, 6.45) is 0. The first-order chi connectivity index (χ1) is 7.65. The molecule has 0 radical (unpaired) electrons. The second-order valence-electron chi connectivity index (χ2n) is 3.59. The van der Waals surface area contributed by atoms with Gasteiger partial charge in [0.1, 0.15) is 0 Å². The standard InChI is InChI=1S/C12H14N4/c13-8-2-1-3-9(6-8)16-10-4-5-11(14)12(15)7-10/h1-7,16H,13-15H2. The fourth-order valence-electron chi connectivity index (χ4n) is 1.44. The van der Waals surface area contributed by atoms with Crippen molar-refractivity contribution >= 4 is 28.4 Å². The molecular formula is C12H14N4. The van der Waals surface area contributed by atoms with Crippen molar-refractivity contribution in [2.45, 2.75) is 0 Å². The summed E-state index contributed by atoms with van der Waals surface area (Å²) in [5.41, 5.74) is 20.7. The number of nitrogen functional groups attached to an aromatic ring is 3. The van der Waals surface area contributed by atoms with Crippen LogP contribution in [0.2, 0.25) is 0 Å². The molecule has 0 aliphatic heterocycles. The molecule has 0 atom stereocenters. The van der Waals surface area contributed by atoms with E-state index in [2.05, 4.69) is 5.32 Å². The van der Waals surface area contributed by atoms with Gasteiger partial charge in [0.25, 0.3) is 0 Å². The summed E-state index contributed by atoms with van der Waals surface area (Å²) in [6.45, 7) is 0. The Morgan fingerprint density at radius 3 is 2.19 bits per heavy atom. The topological polar surface area (TPSA) is 90.1 Å². The van der Waals surface area contributed by atoms with Gasteiger partial charge in [0.2, 0.25) is 0 Å².